The van der Waals surface area contributed by atoms with Gasteiger partial charge >= 0.3 is 0 Å². The molecule has 1 aliphatic heterocycles. The first kappa shape index (κ1) is 13.6. The summed E-state index contributed by atoms with van der Waals surface area (Å²) in [5, 5.41) is 0. The van der Waals surface area contributed by atoms with Crippen molar-refractivity contribution in [2.45, 2.75) is 31.7 Å². The van der Waals surface area contributed by atoms with E-state index in [0.717, 1.165) is 35.8 Å². The molecule has 1 aromatic heterocycles. The number of hydrogen-bond donors (Lipinski definition) is 0. The van der Waals surface area contributed by atoms with Crippen molar-refractivity contribution in [2.24, 2.45) is 7.05 Å². The fourth-order valence-electron chi connectivity index (χ4n) is 2.75. The van der Waals surface area contributed by atoms with Crippen molar-refractivity contribution in [3.63, 3.8) is 0 Å². The number of aromatic nitrogens is 1. The quantitative estimate of drug-likeness (QED) is 0.834. The van der Waals surface area contributed by atoms with Crippen molar-refractivity contribution >= 4 is 11.0 Å². The molecule has 1 aliphatic rings. The molecule has 20 heavy (non-hydrogen) atoms. The van der Waals surface area contributed by atoms with Crippen LogP contribution in [0.15, 0.2) is 35.2 Å². The summed E-state index contributed by atoms with van der Waals surface area (Å²) in [6.07, 6.45) is 0.979. The van der Waals surface area contributed by atoms with E-state index in [1.165, 1.54) is 11.1 Å². The van der Waals surface area contributed by atoms with Gasteiger partial charge in [0, 0.05) is 31.5 Å². The first-order chi connectivity index (χ1) is 9.58. The van der Waals surface area contributed by atoms with Crippen LogP contribution in [0.2, 0.25) is 0 Å². The molecule has 1 atom stereocenters. The Balaban J connectivity index is 1.88. The highest BCUT2D eigenvalue weighted by Crippen LogP contribution is 2.25. The molecule has 0 bridgehead atoms. The number of rotatable bonds is 2. The van der Waals surface area contributed by atoms with Crippen LogP contribution in [-0.4, -0.2) is 19.6 Å². The molecule has 4 heteroatoms. The summed E-state index contributed by atoms with van der Waals surface area (Å²) >= 11 is 0. The van der Waals surface area contributed by atoms with Crippen LogP contribution >= 0.6 is 0 Å². The van der Waals surface area contributed by atoms with Gasteiger partial charge in [-0.15, -0.1) is 0 Å². The molecule has 3 nitrogen and oxygen atoms in total. The van der Waals surface area contributed by atoms with Gasteiger partial charge in [-0.05, 0) is 37.5 Å². The van der Waals surface area contributed by atoms with Crippen LogP contribution in [0.3, 0.4) is 0 Å². The minimum absolute atomic E-state index is 0.774. The average molecular weight is 288 g/mol. The zero-order chi connectivity index (χ0) is 14.3. The summed E-state index contributed by atoms with van der Waals surface area (Å²) < 4.78 is 17.0. The van der Waals surface area contributed by atoms with Crippen LogP contribution < -0.4 is 0 Å². The normalized spacial score (nSPS) is 16.9. The van der Waals surface area contributed by atoms with E-state index in [9.17, 15) is 4.21 Å². The van der Waals surface area contributed by atoms with Crippen LogP contribution in [0, 0.1) is 13.8 Å². The number of fused-ring (bicyclic) bond motifs is 1. The van der Waals surface area contributed by atoms with Gasteiger partial charge in [-0.25, -0.2) is 8.51 Å². The molecule has 106 valence electrons. The van der Waals surface area contributed by atoms with Crippen LogP contribution in [0.25, 0.3) is 0 Å². The zero-order valence-corrected chi connectivity index (χ0v) is 13.0. The molecule has 0 fully saturated rings. The van der Waals surface area contributed by atoms with Gasteiger partial charge in [0.15, 0.2) is 0 Å². The van der Waals surface area contributed by atoms with E-state index in [1.807, 2.05) is 20.0 Å². The van der Waals surface area contributed by atoms with E-state index in [0.29, 0.717) is 0 Å². The SMILES string of the molecule is Cc1cc(S(=O)N2CCc3ccccc3C2)c(C)n1C. The number of aryl methyl sites for hydroxylation is 1. The second-order valence-electron chi connectivity index (χ2n) is 5.43. The smallest absolute Gasteiger partial charge is 0.129 e. The Morgan fingerprint density at radius 3 is 2.50 bits per heavy atom. The zero-order valence-electron chi connectivity index (χ0n) is 12.2. The number of nitrogens with zero attached hydrogens (tertiary/aromatic N) is 2. The number of hydrogen-bond acceptors (Lipinski definition) is 1. The van der Waals surface area contributed by atoms with E-state index >= 15 is 0 Å². The third kappa shape index (κ3) is 2.23. The van der Waals surface area contributed by atoms with Gasteiger partial charge in [-0.1, -0.05) is 24.3 Å². The van der Waals surface area contributed by atoms with Crippen molar-refractivity contribution in [3.05, 3.63) is 52.8 Å². The molecule has 0 radical (unpaired) electrons. The first-order valence-electron chi connectivity index (χ1n) is 6.94. The van der Waals surface area contributed by atoms with Crippen LogP contribution in [-0.2, 0) is 31.0 Å². The lowest BCUT2D eigenvalue weighted by molar-refractivity contribution is 0.420. The fourth-order valence-corrected chi connectivity index (χ4v) is 4.20. The Morgan fingerprint density at radius 2 is 1.85 bits per heavy atom. The van der Waals surface area contributed by atoms with Crippen LogP contribution in [0.1, 0.15) is 22.5 Å². The molecular formula is C16H20N2OS. The van der Waals surface area contributed by atoms with Crippen molar-refractivity contribution < 1.29 is 4.21 Å². The minimum atomic E-state index is -1.07. The van der Waals surface area contributed by atoms with E-state index in [-0.39, 0.29) is 0 Å². The van der Waals surface area contributed by atoms with Gasteiger partial charge in [0.1, 0.15) is 11.0 Å². The fraction of sp³-hybridized carbons (Fsp3) is 0.375. The van der Waals surface area contributed by atoms with E-state index < -0.39 is 11.0 Å². The summed E-state index contributed by atoms with van der Waals surface area (Å²) in [5.41, 5.74) is 4.95. The van der Waals surface area contributed by atoms with Gasteiger partial charge in [0.05, 0.1) is 4.90 Å². The second-order valence-corrected chi connectivity index (χ2v) is 6.88. The highest BCUT2D eigenvalue weighted by Gasteiger charge is 2.23. The molecule has 1 unspecified atom stereocenters. The summed E-state index contributed by atoms with van der Waals surface area (Å²) in [4.78, 5) is 0.949. The molecule has 1 aromatic carbocycles. The summed E-state index contributed by atoms with van der Waals surface area (Å²) in [6.45, 7) is 5.73. The Bertz CT molecular complexity index is 675. The van der Waals surface area contributed by atoms with E-state index in [2.05, 4.69) is 40.1 Å². The van der Waals surface area contributed by atoms with Gasteiger partial charge < -0.3 is 4.57 Å². The molecule has 0 saturated heterocycles. The standard InChI is InChI=1S/C16H20N2OS/c1-12-10-16(13(2)17(12)3)20(19)18-9-8-14-6-4-5-7-15(14)11-18/h4-7,10H,8-9,11H2,1-3H3. The maximum Gasteiger partial charge on any atom is 0.129 e. The molecule has 0 saturated carbocycles. The van der Waals surface area contributed by atoms with Crippen molar-refractivity contribution in [3.8, 4) is 0 Å². The molecular weight excluding hydrogens is 268 g/mol. The maximum atomic E-state index is 12.8. The molecule has 3 rings (SSSR count). The third-order valence-corrected chi connectivity index (χ3v) is 5.82. The monoisotopic (exact) mass is 288 g/mol. The number of benzene rings is 1. The Kier molecular flexibility index (Phi) is 3.52. The summed E-state index contributed by atoms with van der Waals surface area (Å²) in [5.74, 6) is 0. The van der Waals surface area contributed by atoms with E-state index in [1.54, 1.807) is 0 Å². The predicted octanol–water partition coefficient (Wildman–Crippen LogP) is 2.72. The topological polar surface area (TPSA) is 25.2 Å². The van der Waals surface area contributed by atoms with Gasteiger partial charge in [0.25, 0.3) is 0 Å². The Morgan fingerprint density at radius 1 is 1.15 bits per heavy atom. The highest BCUT2D eigenvalue weighted by atomic mass is 32.2. The van der Waals surface area contributed by atoms with Crippen molar-refractivity contribution in [2.75, 3.05) is 6.54 Å². The van der Waals surface area contributed by atoms with Gasteiger partial charge in [-0.2, -0.15) is 0 Å². The lowest BCUT2D eigenvalue weighted by atomic mass is 10.0. The van der Waals surface area contributed by atoms with Crippen molar-refractivity contribution in [1.29, 1.82) is 0 Å². The molecule has 0 amide bonds. The third-order valence-electron chi connectivity index (χ3n) is 4.25. The van der Waals surface area contributed by atoms with Gasteiger partial charge in [-0.3, -0.25) is 0 Å². The molecule has 0 N–H and O–H groups in total. The second kappa shape index (κ2) is 5.19. The Hall–Kier alpha value is -1.39. The lowest BCUT2D eigenvalue weighted by Crippen LogP contribution is -2.32. The van der Waals surface area contributed by atoms with Gasteiger partial charge in [0.2, 0.25) is 0 Å². The highest BCUT2D eigenvalue weighted by molar-refractivity contribution is 7.82. The molecule has 0 spiro atoms. The Labute approximate surface area is 122 Å². The van der Waals surface area contributed by atoms with Crippen LogP contribution in [0.5, 0.6) is 0 Å². The largest absolute Gasteiger partial charge is 0.351 e. The van der Waals surface area contributed by atoms with Crippen LogP contribution in [0.4, 0.5) is 0 Å². The summed E-state index contributed by atoms with van der Waals surface area (Å²) in [6, 6.07) is 10.5. The summed E-state index contributed by atoms with van der Waals surface area (Å²) in [7, 11) is 0.959. The predicted molar refractivity (Wildman–Crippen MR) is 81.9 cm³/mol. The molecule has 2 heterocycles. The van der Waals surface area contributed by atoms with E-state index in [4.69, 9.17) is 0 Å². The average Bonchev–Trinajstić information content (AvgIpc) is 2.73. The minimum Gasteiger partial charge on any atom is -0.351 e. The first-order valence-corrected chi connectivity index (χ1v) is 8.05. The lowest BCUT2D eigenvalue weighted by Gasteiger charge is -2.27. The molecule has 2 aromatic rings. The maximum absolute atomic E-state index is 12.8. The van der Waals surface area contributed by atoms with Crippen molar-refractivity contribution in [1.82, 2.24) is 8.87 Å². The molecule has 0 aliphatic carbocycles.